The topological polar surface area (TPSA) is 30.5 Å². The molecule has 0 bridgehead atoms. The third-order valence-corrected chi connectivity index (χ3v) is 2.06. The van der Waals surface area contributed by atoms with E-state index in [1.807, 2.05) is 32.9 Å². The first-order chi connectivity index (χ1) is 7.53. The number of hydrogen-bond acceptors (Lipinski definition) is 3. The van der Waals surface area contributed by atoms with Crippen LogP contribution in [0.2, 0.25) is 0 Å². The second-order valence-corrected chi connectivity index (χ2v) is 4.74. The summed E-state index contributed by atoms with van der Waals surface area (Å²) in [5.41, 5.74) is 5.21. The quantitative estimate of drug-likeness (QED) is 0.778. The normalized spacial score (nSPS) is 11.8. The smallest absolute Gasteiger partial charge is 0.0813 e. The van der Waals surface area contributed by atoms with Gasteiger partial charge in [0.15, 0.2) is 0 Å². The van der Waals surface area contributed by atoms with Crippen LogP contribution in [0, 0.1) is 0 Å². The highest BCUT2D eigenvalue weighted by Gasteiger charge is 2.10. The number of nitrogens with one attached hydrogen (secondary N) is 1. The molecule has 16 heavy (non-hydrogen) atoms. The Morgan fingerprint density at radius 1 is 1.12 bits per heavy atom. The first-order valence-electron chi connectivity index (χ1n) is 5.49. The van der Waals surface area contributed by atoms with E-state index in [1.165, 1.54) is 11.1 Å². The van der Waals surface area contributed by atoms with Crippen molar-refractivity contribution in [2.24, 2.45) is 0 Å². The third-order valence-electron chi connectivity index (χ3n) is 2.06. The highest BCUT2D eigenvalue weighted by molar-refractivity contribution is 5.26. The van der Waals surface area contributed by atoms with Gasteiger partial charge in [0, 0.05) is 13.7 Å². The highest BCUT2D eigenvalue weighted by atomic mass is 16.7. The van der Waals surface area contributed by atoms with E-state index in [4.69, 9.17) is 9.57 Å². The fourth-order valence-electron chi connectivity index (χ4n) is 1.36. The van der Waals surface area contributed by atoms with Crippen LogP contribution in [0.1, 0.15) is 31.9 Å². The zero-order chi connectivity index (χ0) is 12.0. The summed E-state index contributed by atoms with van der Waals surface area (Å²) >= 11 is 0. The minimum absolute atomic E-state index is 0.170. The summed E-state index contributed by atoms with van der Waals surface area (Å²) in [6.07, 6.45) is 0. The number of ether oxygens (including phenoxy) is 1. The van der Waals surface area contributed by atoms with Gasteiger partial charge in [-0.3, -0.25) is 4.84 Å². The number of methoxy groups -OCH3 is 1. The number of hydroxylamine groups is 1. The summed E-state index contributed by atoms with van der Waals surface area (Å²) in [5.74, 6) is 0. The number of benzene rings is 1. The molecule has 3 heteroatoms. The minimum Gasteiger partial charge on any atom is -0.380 e. The molecule has 90 valence electrons. The molecule has 1 rings (SSSR count). The van der Waals surface area contributed by atoms with Crippen LogP contribution in [0.3, 0.4) is 0 Å². The van der Waals surface area contributed by atoms with Crippen molar-refractivity contribution in [3.8, 4) is 0 Å². The van der Waals surface area contributed by atoms with Gasteiger partial charge in [-0.15, -0.1) is 0 Å². The molecule has 1 aromatic carbocycles. The van der Waals surface area contributed by atoms with Gasteiger partial charge in [0.05, 0.1) is 12.2 Å². The van der Waals surface area contributed by atoms with Crippen LogP contribution in [0.5, 0.6) is 0 Å². The van der Waals surface area contributed by atoms with E-state index in [9.17, 15) is 0 Å². The van der Waals surface area contributed by atoms with Crippen molar-refractivity contribution in [1.82, 2.24) is 5.48 Å². The van der Waals surface area contributed by atoms with Crippen molar-refractivity contribution >= 4 is 0 Å². The average molecular weight is 223 g/mol. The van der Waals surface area contributed by atoms with Crippen molar-refractivity contribution in [2.75, 3.05) is 7.11 Å². The van der Waals surface area contributed by atoms with E-state index in [-0.39, 0.29) is 5.60 Å². The summed E-state index contributed by atoms with van der Waals surface area (Å²) in [4.78, 5) is 5.48. The van der Waals surface area contributed by atoms with Gasteiger partial charge in [-0.25, -0.2) is 0 Å². The molecule has 1 N–H and O–H groups in total. The molecule has 0 amide bonds. The molecule has 3 nitrogen and oxygen atoms in total. The monoisotopic (exact) mass is 223 g/mol. The molecule has 0 aromatic heterocycles. The van der Waals surface area contributed by atoms with Crippen LogP contribution in [0.25, 0.3) is 0 Å². The molecule has 0 unspecified atom stereocenters. The lowest BCUT2D eigenvalue weighted by Crippen LogP contribution is -2.29. The van der Waals surface area contributed by atoms with Crippen LogP contribution in [-0.4, -0.2) is 12.7 Å². The Morgan fingerprint density at radius 3 is 2.31 bits per heavy atom. The van der Waals surface area contributed by atoms with E-state index in [2.05, 4.69) is 17.6 Å². The Labute approximate surface area is 97.7 Å². The molecule has 0 aliphatic carbocycles. The molecule has 0 saturated carbocycles. The molecule has 0 aliphatic heterocycles. The van der Waals surface area contributed by atoms with Crippen LogP contribution < -0.4 is 5.48 Å². The summed E-state index contributed by atoms with van der Waals surface area (Å²) < 4.78 is 5.15. The van der Waals surface area contributed by atoms with Gasteiger partial charge in [0.2, 0.25) is 0 Å². The predicted octanol–water partition coefficient (Wildman–Crippen LogP) is 2.65. The van der Waals surface area contributed by atoms with E-state index in [0.29, 0.717) is 13.2 Å². The van der Waals surface area contributed by atoms with Crippen LogP contribution >= 0.6 is 0 Å². The van der Waals surface area contributed by atoms with Gasteiger partial charge >= 0.3 is 0 Å². The number of hydrogen-bond donors (Lipinski definition) is 1. The van der Waals surface area contributed by atoms with E-state index < -0.39 is 0 Å². The molecular weight excluding hydrogens is 202 g/mol. The van der Waals surface area contributed by atoms with Crippen LogP contribution in [0.4, 0.5) is 0 Å². The fourth-order valence-corrected chi connectivity index (χ4v) is 1.36. The molecule has 0 fully saturated rings. The van der Waals surface area contributed by atoms with Crippen molar-refractivity contribution in [2.45, 2.75) is 39.5 Å². The van der Waals surface area contributed by atoms with Crippen molar-refractivity contribution < 1.29 is 9.57 Å². The Morgan fingerprint density at radius 2 is 1.75 bits per heavy atom. The number of rotatable bonds is 5. The van der Waals surface area contributed by atoms with Gasteiger partial charge in [0.1, 0.15) is 0 Å². The molecule has 0 spiro atoms. The molecule has 0 aliphatic rings. The highest BCUT2D eigenvalue weighted by Crippen LogP contribution is 2.11. The van der Waals surface area contributed by atoms with Crippen molar-refractivity contribution in [3.05, 3.63) is 35.4 Å². The van der Waals surface area contributed by atoms with Crippen LogP contribution in [0.15, 0.2) is 24.3 Å². The average Bonchev–Trinajstić information content (AvgIpc) is 2.19. The van der Waals surface area contributed by atoms with Gasteiger partial charge in [-0.1, -0.05) is 24.3 Å². The zero-order valence-corrected chi connectivity index (χ0v) is 10.5. The van der Waals surface area contributed by atoms with E-state index >= 15 is 0 Å². The van der Waals surface area contributed by atoms with Gasteiger partial charge in [-0.2, -0.15) is 5.48 Å². The van der Waals surface area contributed by atoms with Gasteiger partial charge in [0.25, 0.3) is 0 Å². The standard InChI is InChI=1S/C13H21NO2/c1-13(2,3)16-14-9-11-7-5-6-8-12(11)10-15-4/h5-8,14H,9-10H2,1-4H3. The maximum Gasteiger partial charge on any atom is 0.0813 e. The molecule has 0 radical (unpaired) electrons. The van der Waals surface area contributed by atoms with E-state index in [0.717, 1.165) is 0 Å². The molecular formula is C13H21NO2. The lowest BCUT2D eigenvalue weighted by molar-refractivity contribution is -0.0759. The predicted molar refractivity (Wildman–Crippen MR) is 64.8 cm³/mol. The SMILES string of the molecule is COCc1ccccc1CNOC(C)(C)C. The first-order valence-corrected chi connectivity index (χ1v) is 5.49. The molecule has 0 heterocycles. The maximum atomic E-state index is 5.48. The summed E-state index contributed by atoms with van der Waals surface area (Å²) in [7, 11) is 1.70. The maximum absolute atomic E-state index is 5.48. The molecule has 0 atom stereocenters. The van der Waals surface area contributed by atoms with Crippen molar-refractivity contribution in [1.29, 1.82) is 0 Å². The molecule has 1 aromatic rings. The second-order valence-electron chi connectivity index (χ2n) is 4.74. The second kappa shape index (κ2) is 5.99. The molecule has 0 saturated heterocycles. The largest absolute Gasteiger partial charge is 0.380 e. The Balaban J connectivity index is 2.52. The fraction of sp³-hybridized carbons (Fsp3) is 0.538. The zero-order valence-electron chi connectivity index (χ0n) is 10.5. The Hall–Kier alpha value is -0.900. The van der Waals surface area contributed by atoms with Gasteiger partial charge in [-0.05, 0) is 31.9 Å². The first kappa shape index (κ1) is 13.2. The Bertz CT molecular complexity index is 318. The Kier molecular flexibility index (Phi) is 4.93. The van der Waals surface area contributed by atoms with E-state index in [1.54, 1.807) is 7.11 Å². The summed E-state index contributed by atoms with van der Waals surface area (Å²) in [6, 6.07) is 8.18. The van der Waals surface area contributed by atoms with Gasteiger partial charge < -0.3 is 4.74 Å². The summed E-state index contributed by atoms with van der Waals surface area (Å²) in [6.45, 7) is 7.37. The minimum atomic E-state index is -0.170. The lowest BCUT2D eigenvalue weighted by Gasteiger charge is -2.20. The van der Waals surface area contributed by atoms with Crippen LogP contribution in [-0.2, 0) is 22.7 Å². The van der Waals surface area contributed by atoms with Crippen molar-refractivity contribution in [3.63, 3.8) is 0 Å². The third kappa shape index (κ3) is 4.75. The summed E-state index contributed by atoms with van der Waals surface area (Å²) in [5, 5.41) is 0. The lowest BCUT2D eigenvalue weighted by atomic mass is 10.1.